The van der Waals surface area contributed by atoms with Gasteiger partial charge in [-0.25, -0.2) is 0 Å². The summed E-state index contributed by atoms with van der Waals surface area (Å²) >= 11 is 0. The summed E-state index contributed by atoms with van der Waals surface area (Å²) in [6.45, 7) is 6.97. The number of aromatic nitrogens is 1. The maximum atomic E-state index is 2.57. The van der Waals surface area contributed by atoms with Crippen molar-refractivity contribution in [3.8, 4) is 0 Å². The molecular weight excluding hydrogens is 350 g/mol. The molecule has 0 aliphatic heterocycles. The number of nitrogens with zero attached hydrogens (tertiary/aromatic N) is 1. The molecule has 2 aliphatic rings. The molecule has 0 fully saturated rings. The minimum absolute atomic E-state index is 0.0869. The van der Waals surface area contributed by atoms with Crippen LogP contribution in [0.2, 0.25) is 0 Å². The highest BCUT2D eigenvalue weighted by atomic mass is 15.0. The predicted molar refractivity (Wildman–Crippen MR) is 123 cm³/mol. The van der Waals surface area contributed by atoms with E-state index in [0.29, 0.717) is 6.04 Å². The van der Waals surface area contributed by atoms with E-state index in [0.717, 1.165) is 6.42 Å². The number of hydrogen-bond donors (Lipinski definition) is 0. The van der Waals surface area contributed by atoms with E-state index in [-0.39, 0.29) is 5.41 Å². The van der Waals surface area contributed by atoms with E-state index in [1.807, 2.05) is 0 Å². The fourth-order valence-corrected chi connectivity index (χ4v) is 5.61. The standard InChI is InChI=1S/C28H25N/c1-18-12-14-23-22-9-5-7-11-26(22)29(27(23)16-18)19-13-15-21-20-8-4-6-10-24(20)28(2,3)25(21)17-19/h4-16,19H,17H2,1-3H3. The number of benzene rings is 3. The van der Waals surface area contributed by atoms with Crippen LogP contribution in [0.4, 0.5) is 0 Å². The van der Waals surface area contributed by atoms with Gasteiger partial charge in [-0.3, -0.25) is 0 Å². The molecule has 0 saturated heterocycles. The summed E-state index contributed by atoms with van der Waals surface area (Å²) in [5.41, 5.74) is 9.98. The Morgan fingerprint density at radius 2 is 1.62 bits per heavy atom. The van der Waals surface area contributed by atoms with Crippen LogP contribution in [0.3, 0.4) is 0 Å². The molecule has 3 aromatic carbocycles. The van der Waals surface area contributed by atoms with Gasteiger partial charge in [0.25, 0.3) is 0 Å². The molecule has 1 nitrogen and oxygen atoms in total. The van der Waals surface area contributed by atoms with Crippen LogP contribution in [0.5, 0.6) is 0 Å². The zero-order chi connectivity index (χ0) is 19.8. The van der Waals surface area contributed by atoms with Gasteiger partial charge in [0.15, 0.2) is 0 Å². The van der Waals surface area contributed by atoms with Gasteiger partial charge in [0.05, 0.1) is 6.04 Å². The third kappa shape index (κ3) is 2.22. The molecule has 4 aromatic rings. The lowest BCUT2D eigenvalue weighted by molar-refractivity contribution is 0.544. The fourth-order valence-electron chi connectivity index (χ4n) is 5.61. The second kappa shape index (κ2) is 5.73. The van der Waals surface area contributed by atoms with Crippen LogP contribution >= 0.6 is 0 Å². The van der Waals surface area contributed by atoms with E-state index in [9.17, 15) is 0 Å². The normalized spacial score (nSPS) is 19.8. The number of aryl methyl sites for hydroxylation is 1. The monoisotopic (exact) mass is 375 g/mol. The zero-order valence-electron chi connectivity index (χ0n) is 17.2. The summed E-state index contributed by atoms with van der Waals surface area (Å²) in [5, 5.41) is 2.71. The average molecular weight is 376 g/mol. The van der Waals surface area contributed by atoms with Crippen LogP contribution in [-0.2, 0) is 5.41 Å². The van der Waals surface area contributed by atoms with Crippen molar-refractivity contribution in [2.45, 2.75) is 38.6 Å². The molecule has 29 heavy (non-hydrogen) atoms. The molecule has 0 spiro atoms. The highest BCUT2D eigenvalue weighted by Crippen LogP contribution is 2.52. The van der Waals surface area contributed by atoms with Gasteiger partial charge in [-0.1, -0.05) is 80.6 Å². The smallest absolute Gasteiger partial charge is 0.0563 e. The largest absolute Gasteiger partial charge is 0.333 e. The summed E-state index contributed by atoms with van der Waals surface area (Å²) in [7, 11) is 0. The van der Waals surface area contributed by atoms with Gasteiger partial charge in [0, 0.05) is 27.2 Å². The Balaban J connectivity index is 1.55. The van der Waals surface area contributed by atoms with Crippen LogP contribution in [0.25, 0.3) is 27.4 Å². The molecule has 1 heteroatoms. The molecule has 0 amide bonds. The lowest BCUT2D eigenvalue weighted by Crippen LogP contribution is -2.21. The Hall–Kier alpha value is -3.06. The molecule has 2 aliphatic carbocycles. The van der Waals surface area contributed by atoms with Gasteiger partial charge < -0.3 is 4.57 Å². The summed E-state index contributed by atoms with van der Waals surface area (Å²) in [6.07, 6.45) is 5.87. The van der Waals surface area contributed by atoms with Crippen LogP contribution in [-0.4, -0.2) is 4.57 Å². The summed E-state index contributed by atoms with van der Waals surface area (Å²) in [4.78, 5) is 0. The molecule has 1 atom stereocenters. The third-order valence-corrected chi connectivity index (χ3v) is 7.07. The quantitative estimate of drug-likeness (QED) is 0.328. The van der Waals surface area contributed by atoms with E-state index in [2.05, 4.69) is 104 Å². The van der Waals surface area contributed by atoms with Crippen molar-refractivity contribution in [1.29, 1.82) is 0 Å². The molecule has 1 heterocycles. The first kappa shape index (κ1) is 16.9. The molecule has 1 unspecified atom stereocenters. The number of para-hydroxylation sites is 1. The average Bonchev–Trinajstić information content (AvgIpc) is 3.17. The van der Waals surface area contributed by atoms with E-state index >= 15 is 0 Å². The minimum Gasteiger partial charge on any atom is -0.333 e. The number of hydrogen-bond acceptors (Lipinski definition) is 0. The fraction of sp³-hybridized carbons (Fsp3) is 0.214. The van der Waals surface area contributed by atoms with Gasteiger partial charge in [0.2, 0.25) is 0 Å². The van der Waals surface area contributed by atoms with Gasteiger partial charge in [-0.2, -0.15) is 0 Å². The zero-order valence-corrected chi connectivity index (χ0v) is 17.2. The molecule has 6 rings (SSSR count). The van der Waals surface area contributed by atoms with Crippen LogP contribution in [0.1, 0.15) is 43.0 Å². The van der Waals surface area contributed by atoms with Crippen LogP contribution in [0.15, 0.2) is 84.5 Å². The molecule has 0 saturated carbocycles. The van der Waals surface area contributed by atoms with E-state index in [1.54, 1.807) is 5.57 Å². The first-order valence-electron chi connectivity index (χ1n) is 10.6. The first-order valence-corrected chi connectivity index (χ1v) is 10.6. The first-order chi connectivity index (χ1) is 14.1. The second-order valence-corrected chi connectivity index (χ2v) is 9.10. The van der Waals surface area contributed by atoms with Gasteiger partial charge in [0.1, 0.15) is 0 Å². The Morgan fingerprint density at radius 3 is 2.52 bits per heavy atom. The van der Waals surface area contributed by atoms with Crippen LogP contribution < -0.4 is 0 Å². The number of rotatable bonds is 1. The Labute approximate surface area is 172 Å². The SMILES string of the molecule is Cc1ccc2c3ccccc3n(C3C=CC4=C(C3)C(C)(C)c3ccccc34)c2c1. The minimum atomic E-state index is 0.0869. The summed E-state index contributed by atoms with van der Waals surface area (Å²) < 4.78 is 2.57. The van der Waals surface area contributed by atoms with Crippen molar-refractivity contribution in [2.75, 3.05) is 0 Å². The van der Waals surface area contributed by atoms with Crippen molar-refractivity contribution in [1.82, 2.24) is 4.57 Å². The maximum Gasteiger partial charge on any atom is 0.0563 e. The number of allylic oxidation sites excluding steroid dienone is 4. The van der Waals surface area contributed by atoms with E-state index < -0.39 is 0 Å². The van der Waals surface area contributed by atoms with Crippen molar-refractivity contribution < 1.29 is 0 Å². The third-order valence-electron chi connectivity index (χ3n) is 7.07. The second-order valence-electron chi connectivity index (χ2n) is 9.10. The molecular formula is C28H25N. The molecule has 0 radical (unpaired) electrons. The van der Waals surface area contributed by atoms with Crippen molar-refractivity contribution >= 4 is 27.4 Å². The van der Waals surface area contributed by atoms with Crippen molar-refractivity contribution in [3.05, 3.63) is 101 Å². The lowest BCUT2D eigenvalue weighted by atomic mass is 9.77. The van der Waals surface area contributed by atoms with Crippen molar-refractivity contribution in [2.24, 2.45) is 0 Å². The van der Waals surface area contributed by atoms with Gasteiger partial charge in [-0.15, -0.1) is 0 Å². The van der Waals surface area contributed by atoms with Gasteiger partial charge in [-0.05, 0) is 53.3 Å². The highest BCUT2D eigenvalue weighted by molar-refractivity contribution is 6.08. The van der Waals surface area contributed by atoms with Gasteiger partial charge >= 0.3 is 0 Å². The summed E-state index contributed by atoms with van der Waals surface area (Å²) in [6, 6.07) is 25.0. The molecule has 1 aromatic heterocycles. The Bertz CT molecular complexity index is 1360. The highest BCUT2D eigenvalue weighted by Gasteiger charge is 2.39. The number of fused-ring (bicyclic) bond motifs is 5. The molecule has 0 N–H and O–H groups in total. The maximum absolute atomic E-state index is 2.57. The topological polar surface area (TPSA) is 4.93 Å². The lowest BCUT2D eigenvalue weighted by Gasteiger charge is -2.30. The predicted octanol–water partition coefficient (Wildman–Crippen LogP) is 7.35. The molecule has 142 valence electrons. The van der Waals surface area contributed by atoms with E-state index in [4.69, 9.17) is 0 Å². The van der Waals surface area contributed by atoms with Crippen molar-refractivity contribution in [3.63, 3.8) is 0 Å². The van der Waals surface area contributed by atoms with Crippen LogP contribution in [0, 0.1) is 6.92 Å². The Morgan fingerprint density at radius 1 is 0.862 bits per heavy atom. The van der Waals surface area contributed by atoms with E-state index in [1.165, 1.54) is 44.1 Å². The summed E-state index contributed by atoms with van der Waals surface area (Å²) in [5.74, 6) is 0. The Kier molecular flexibility index (Phi) is 3.33. The molecule has 0 bridgehead atoms.